The van der Waals surface area contributed by atoms with Crippen LogP contribution < -0.4 is 15.9 Å². The maximum Gasteiger partial charge on any atom is 0.264 e. The number of rotatable bonds is 5. The molecule has 2 atom stereocenters. The van der Waals surface area contributed by atoms with E-state index in [1.54, 1.807) is 24.3 Å². The van der Waals surface area contributed by atoms with Crippen molar-refractivity contribution in [3.05, 3.63) is 59.7 Å². The van der Waals surface area contributed by atoms with Gasteiger partial charge in [0.25, 0.3) is 5.91 Å². The predicted molar refractivity (Wildman–Crippen MR) is 99.0 cm³/mol. The number of benzene rings is 2. The Balaban J connectivity index is 2.18. The van der Waals surface area contributed by atoms with Crippen molar-refractivity contribution >= 4 is 21.6 Å². The molecular weight excluding hydrogens is 370 g/mol. The topological polar surface area (TPSA) is 142 Å². The van der Waals surface area contributed by atoms with E-state index in [4.69, 9.17) is 10.9 Å². The molecule has 0 heterocycles. The third kappa shape index (κ3) is 5.54. The van der Waals surface area contributed by atoms with E-state index in [2.05, 4.69) is 11.8 Å². The van der Waals surface area contributed by atoms with Crippen LogP contribution in [0.1, 0.15) is 18.1 Å². The Hall–Kier alpha value is -2.90. The molecule has 27 heavy (non-hydrogen) atoms. The number of amides is 1. The molecule has 6 N–H and O–H groups in total. The molecule has 2 aromatic rings. The number of hydrogen-bond donors (Lipinski definition) is 5. The van der Waals surface area contributed by atoms with Gasteiger partial charge in [0.15, 0.2) is 0 Å². The van der Waals surface area contributed by atoms with Crippen LogP contribution in [0.2, 0.25) is 0 Å². The molecule has 0 aliphatic heterocycles. The molecule has 2 rings (SSSR count). The molecule has 0 fully saturated rings. The van der Waals surface area contributed by atoms with Crippen LogP contribution in [0.5, 0.6) is 0 Å². The number of carbonyl (C=O) groups is 1. The number of nitrogens with two attached hydrogens (primary N) is 1. The highest BCUT2D eigenvalue weighted by atomic mass is 32.2. The largest absolute Gasteiger partial charge is 0.399 e. The average Bonchev–Trinajstić information content (AvgIpc) is 2.65. The lowest BCUT2D eigenvalue weighted by molar-refractivity contribution is -0.133. The van der Waals surface area contributed by atoms with Crippen LogP contribution in [0, 0.1) is 11.8 Å². The second kappa shape index (κ2) is 8.66. The monoisotopic (exact) mass is 389 g/mol. The normalized spacial score (nSPS) is 13.1. The maximum atomic E-state index is 12.4. The lowest BCUT2D eigenvalue weighted by Gasteiger charge is -2.19. The zero-order valence-corrected chi connectivity index (χ0v) is 15.2. The highest BCUT2D eigenvalue weighted by Gasteiger charge is 2.29. The Bertz CT molecular complexity index is 959. The van der Waals surface area contributed by atoms with E-state index in [0.717, 1.165) is 5.56 Å². The third-order valence-electron chi connectivity index (χ3n) is 3.58. The Labute approximate surface area is 157 Å². The summed E-state index contributed by atoms with van der Waals surface area (Å²) >= 11 is 0. The predicted octanol–water partition coefficient (Wildman–Crippen LogP) is 0.202. The Morgan fingerprint density at radius 1 is 1.04 bits per heavy atom. The van der Waals surface area contributed by atoms with Crippen LogP contribution in [0.3, 0.4) is 0 Å². The van der Waals surface area contributed by atoms with E-state index in [-0.39, 0.29) is 4.90 Å². The molecule has 0 spiro atoms. The first-order chi connectivity index (χ1) is 12.7. The van der Waals surface area contributed by atoms with E-state index in [1.165, 1.54) is 36.7 Å². The van der Waals surface area contributed by atoms with Crippen LogP contribution in [0.4, 0.5) is 5.69 Å². The minimum absolute atomic E-state index is 0.114. The number of aliphatic hydroxyl groups is 1. The van der Waals surface area contributed by atoms with Gasteiger partial charge < -0.3 is 10.8 Å². The van der Waals surface area contributed by atoms with Crippen molar-refractivity contribution in [2.75, 3.05) is 5.73 Å². The van der Waals surface area contributed by atoms with Gasteiger partial charge in [-0.1, -0.05) is 11.8 Å². The Morgan fingerprint density at radius 3 is 1.96 bits per heavy atom. The van der Waals surface area contributed by atoms with Crippen molar-refractivity contribution in [3.8, 4) is 11.8 Å². The van der Waals surface area contributed by atoms with Gasteiger partial charge in [-0.05, 0) is 55.5 Å². The summed E-state index contributed by atoms with van der Waals surface area (Å²) in [4.78, 5) is 11.4. The van der Waals surface area contributed by atoms with Crippen LogP contribution in [-0.2, 0) is 14.8 Å². The molecular formula is C18H19N3O5S. The molecule has 1 amide bonds. The number of hydroxylamine groups is 1. The van der Waals surface area contributed by atoms with Gasteiger partial charge in [0, 0.05) is 16.8 Å². The summed E-state index contributed by atoms with van der Waals surface area (Å²) in [5, 5.41) is 18.2. The van der Waals surface area contributed by atoms with E-state index < -0.39 is 28.1 Å². The number of nitrogen functional groups attached to an aromatic ring is 1. The summed E-state index contributed by atoms with van der Waals surface area (Å²) in [6.45, 7) is 1.22. The molecule has 9 heteroatoms. The van der Waals surface area contributed by atoms with E-state index in [0.29, 0.717) is 11.3 Å². The Kier molecular flexibility index (Phi) is 6.55. The van der Waals surface area contributed by atoms with E-state index in [9.17, 15) is 18.3 Å². The molecule has 0 bridgehead atoms. The van der Waals surface area contributed by atoms with Crippen molar-refractivity contribution in [2.24, 2.45) is 0 Å². The van der Waals surface area contributed by atoms with Crippen LogP contribution in [0.25, 0.3) is 0 Å². The Morgan fingerprint density at radius 2 is 1.52 bits per heavy atom. The molecule has 0 saturated heterocycles. The SMILES string of the molecule is C[C@@H](O)[C@H](NS(=O)(=O)c1ccc(C#Cc2ccc(N)cc2)cc1)C(=O)NO. The lowest BCUT2D eigenvalue weighted by Crippen LogP contribution is -2.51. The molecule has 0 aromatic heterocycles. The quantitative estimate of drug-likeness (QED) is 0.214. The fourth-order valence-electron chi connectivity index (χ4n) is 2.10. The summed E-state index contributed by atoms with van der Waals surface area (Å²) in [6, 6.07) is 11.1. The molecule has 2 aromatic carbocycles. The maximum absolute atomic E-state index is 12.4. The van der Waals surface area contributed by atoms with E-state index >= 15 is 0 Å². The number of carbonyl (C=O) groups excluding carboxylic acids is 1. The van der Waals surface area contributed by atoms with Gasteiger partial charge in [-0.3, -0.25) is 10.0 Å². The number of hydrogen-bond acceptors (Lipinski definition) is 6. The van der Waals surface area contributed by atoms with Gasteiger partial charge in [-0.2, -0.15) is 4.72 Å². The standard InChI is InChI=1S/C18H19N3O5S/c1-12(22)17(18(23)20-24)21-27(25,26)16-10-6-14(7-11-16)3-2-13-4-8-15(19)9-5-13/h4-12,17,21-22,24H,19H2,1H3,(H,20,23)/t12-,17+/m1/s1. The van der Waals surface area contributed by atoms with Crippen molar-refractivity contribution in [2.45, 2.75) is 24.0 Å². The average molecular weight is 389 g/mol. The highest BCUT2D eigenvalue weighted by molar-refractivity contribution is 7.89. The zero-order valence-electron chi connectivity index (χ0n) is 14.4. The lowest BCUT2D eigenvalue weighted by atomic mass is 10.2. The van der Waals surface area contributed by atoms with Crippen LogP contribution >= 0.6 is 0 Å². The molecule has 0 aliphatic rings. The van der Waals surface area contributed by atoms with Crippen LogP contribution in [-0.4, -0.2) is 36.8 Å². The van der Waals surface area contributed by atoms with E-state index in [1.807, 2.05) is 4.72 Å². The first-order valence-electron chi connectivity index (χ1n) is 7.85. The highest BCUT2D eigenvalue weighted by Crippen LogP contribution is 2.12. The molecule has 142 valence electrons. The van der Waals surface area contributed by atoms with Gasteiger partial charge in [-0.15, -0.1) is 0 Å². The molecule has 0 saturated carbocycles. The summed E-state index contributed by atoms with van der Waals surface area (Å²) in [5.41, 5.74) is 8.90. The van der Waals surface area contributed by atoms with Gasteiger partial charge in [0.2, 0.25) is 10.0 Å². The minimum Gasteiger partial charge on any atom is -0.399 e. The van der Waals surface area contributed by atoms with Crippen molar-refractivity contribution in [3.63, 3.8) is 0 Å². The summed E-state index contributed by atoms with van der Waals surface area (Å²) in [5.74, 6) is 4.76. The molecule has 0 radical (unpaired) electrons. The zero-order chi connectivity index (χ0) is 20.0. The first-order valence-corrected chi connectivity index (χ1v) is 9.33. The number of nitrogens with one attached hydrogen (secondary N) is 2. The molecule has 8 nitrogen and oxygen atoms in total. The molecule has 0 aliphatic carbocycles. The van der Waals surface area contributed by atoms with Crippen molar-refractivity contribution in [1.82, 2.24) is 10.2 Å². The smallest absolute Gasteiger partial charge is 0.264 e. The first kappa shape index (κ1) is 20.4. The van der Waals surface area contributed by atoms with Crippen molar-refractivity contribution in [1.29, 1.82) is 0 Å². The fraction of sp³-hybridized carbons (Fsp3) is 0.167. The van der Waals surface area contributed by atoms with Crippen molar-refractivity contribution < 1.29 is 23.5 Å². The number of sulfonamides is 1. The van der Waals surface area contributed by atoms with Crippen LogP contribution in [0.15, 0.2) is 53.4 Å². The summed E-state index contributed by atoms with van der Waals surface area (Å²) < 4.78 is 26.8. The second-order valence-corrected chi connectivity index (χ2v) is 7.43. The fourth-order valence-corrected chi connectivity index (χ4v) is 3.37. The number of anilines is 1. The van der Waals surface area contributed by atoms with Gasteiger partial charge in [0.1, 0.15) is 6.04 Å². The summed E-state index contributed by atoms with van der Waals surface area (Å²) in [6.07, 6.45) is -1.35. The number of aliphatic hydroxyl groups excluding tert-OH is 1. The van der Waals surface area contributed by atoms with Gasteiger partial charge in [-0.25, -0.2) is 13.9 Å². The minimum atomic E-state index is -4.09. The van der Waals surface area contributed by atoms with Gasteiger partial charge in [0.05, 0.1) is 11.0 Å². The summed E-state index contributed by atoms with van der Waals surface area (Å²) in [7, 11) is -4.09. The second-order valence-electron chi connectivity index (χ2n) is 5.71. The third-order valence-corrected chi connectivity index (χ3v) is 5.04. The van der Waals surface area contributed by atoms with Gasteiger partial charge >= 0.3 is 0 Å². The molecule has 0 unspecified atom stereocenters.